The van der Waals surface area contributed by atoms with E-state index in [0.29, 0.717) is 0 Å². The molecule has 10 heteroatoms. The largest absolute Gasteiger partial charge is 0.375 e. The summed E-state index contributed by atoms with van der Waals surface area (Å²) in [6.07, 6.45) is 3.56. The van der Waals surface area contributed by atoms with Crippen molar-refractivity contribution in [2.45, 2.75) is 0 Å². The Morgan fingerprint density at radius 1 is 1.06 bits per heavy atom. The molecule has 0 aliphatic carbocycles. The smallest absolute Gasteiger partial charge is 0.307 e. The zero-order valence-corrected chi connectivity index (χ0v) is 9.95. The van der Waals surface area contributed by atoms with Gasteiger partial charge in [-0.05, 0) is 0 Å². The number of rotatable bonds is 4. The molecule has 0 radical (unpaired) electrons. The minimum Gasteiger partial charge on any atom is -0.375 e. The standard InChI is InChI=1S/C6H8N2O6S2/c1-15(9,10)13-5-3-7-4-8-6(5)14-16(2,11)12/h3-4H,1-2H3. The molecular formula is C6H8N2O6S2. The zero-order valence-electron chi connectivity index (χ0n) is 8.32. The first-order valence-corrected chi connectivity index (χ1v) is 7.39. The summed E-state index contributed by atoms with van der Waals surface area (Å²) in [5, 5.41) is 0. The maximum absolute atomic E-state index is 10.8. The van der Waals surface area contributed by atoms with Crippen molar-refractivity contribution in [3.63, 3.8) is 0 Å². The quantitative estimate of drug-likeness (QED) is 0.649. The van der Waals surface area contributed by atoms with Gasteiger partial charge >= 0.3 is 20.2 Å². The molecule has 0 N–H and O–H groups in total. The average Bonchev–Trinajstić information content (AvgIpc) is 2.03. The maximum atomic E-state index is 10.8. The van der Waals surface area contributed by atoms with E-state index < -0.39 is 31.9 Å². The Hall–Kier alpha value is -1.42. The van der Waals surface area contributed by atoms with Crippen LogP contribution in [0.4, 0.5) is 0 Å². The van der Waals surface area contributed by atoms with Crippen molar-refractivity contribution in [3.05, 3.63) is 12.5 Å². The molecule has 0 unspecified atom stereocenters. The van der Waals surface area contributed by atoms with Crippen molar-refractivity contribution in [1.29, 1.82) is 0 Å². The second-order valence-electron chi connectivity index (χ2n) is 2.77. The lowest BCUT2D eigenvalue weighted by Crippen LogP contribution is -2.11. The molecule has 1 heterocycles. The van der Waals surface area contributed by atoms with E-state index in [-0.39, 0.29) is 0 Å². The summed E-state index contributed by atoms with van der Waals surface area (Å²) in [7, 11) is -7.63. The highest BCUT2D eigenvalue weighted by molar-refractivity contribution is 7.86. The summed E-state index contributed by atoms with van der Waals surface area (Å²) in [5.41, 5.74) is 0. The van der Waals surface area contributed by atoms with Gasteiger partial charge in [0.2, 0.25) is 5.75 Å². The molecule has 0 aliphatic rings. The van der Waals surface area contributed by atoms with E-state index in [9.17, 15) is 16.8 Å². The van der Waals surface area contributed by atoms with Gasteiger partial charge in [0, 0.05) is 0 Å². The van der Waals surface area contributed by atoms with Crippen LogP contribution in [-0.2, 0) is 20.2 Å². The molecule has 1 aromatic heterocycles. The van der Waals surface area contributed by atoms with E-state index in [2.05, 4.69) is 18.3 Å². The van der Waals surface area contributed by atoms with Crippen LogP contribution in [0.1, 0.15) is 0 Å². The molecule has 0 amide bonds. The maximum Gasteiger partial charge on any atom is 0.307 e. The molecule has 0 aromatic carbocycles. The van der Waals surface area contributed by atoms with Gasteiger partial charge in [0.15, 0.2) is 0 Å². The fourth-order valence-electron chi connectivity index (χ4n) is 0.732. The van der Waals surface area contributed by atoms with Gasteiger partial charge in [-0.15, -0.1) is 0 Å². The van der Waals surface area contributed by atoms with Gasteiger partial charge < -0.3 is 8.37 Å². The Morgan fingerprint density at radius 2 is 1.62 bits per heavy atom. The van der Waals surface area contributed by atoms with Crippen molar-refractivity contribution in [1.82, 2.24) is 9.97 Å². The minimum atomic E-state index is -3.82. The van der Waals surface area contributed by atoms with Crippen molar-refractivity contribution >= 4 is 20.2 Å². The fourth-order valence-corrected chi connectivity index (χ4v) is 1.58. The normalized spacial score (nSPS) is 12.1. The summed E-state index contributed by atoms with van der Waals surface area (Å²) in [6.45, 7) is 0. The molecule has 0 fully saturated rings. The SMILES string of the molecule is CS(=O)(=O)Oc1cncnc1OS(C)(=O)=O. The van der Waals surface area contributed by atoms with Crippen LogP contribution in [0.15, 0.2) is 12.5 Å². The Labute approximate surface area is 92.5 Å². The average molecular weight is 268 g/mol. The van der Waals surface area contributed by atoms with Crippen molar-refractivity contribution in [2.75, 3.05) is 12.5 Å². The fraction of sp³-hybridized carbons (Fsp3) is 0.333. The van der Waals surface area contributed by atoms with Gasteiger partial charge in [-0.25, -0.2) is 4.98 Å². The molecule has 0 aliphatic heterocycles. The van der Waals surface area contributed by atoms with Crippen LogP contribution in [0.3, 0.4) is 0 Å². The molecule has 1 aromatic rings. The van der Waals surface area contributed by atoms with Crippen molar-refractivity contribution < 1.29 is 25.2 Å². The molecule has 16 heavy (non-hydrogen) atoms. The first-order valence-electron chi connectivity index (χ1n) is 3.76. The lowest BCUT2D eigenvalue weighted by atomic mass is 10.6. The highest BCUT2D eigenvalue weighted by Crippen LogP contribution is 2.24. The molecule has 8 nitrogen and oxygen atoms in total. The van der Waals surface area contributed by atoms with Crippen LogP contribution < -0.4 is 8.37 Å². The molecule has 0 bridgehead atoms. The van der Waals surface area contributed by atoms with Gasteiger partial charge in [-0.3, -0.25) is 0 Å². The minimum absolute atomic E-state index is 0.393. The molecule has 0 saturated heterocycles. The Balaban J connectivity index is 3.11. The van der Waals surface area contributed by atoms with Crippen molar-refractivity contribution in [3.8, 4) is 11.6 Å². The first kappa shape index (κ1) is 12.6. The van der Waals surface area contributed by atoms with Crippen LogP contribution in [0.5, 0.6) is 11.6 Å². The summed E-state index contributed by atoms with van der Waals surface area (Å²) < 4.78 is 52.2. The van der Waals surface area contributed by atoms with Gasteiger partial charge in [-0.1, -0.05) is 0 Å². The van der Waals surface area contributed by atoms with Gasteiger partial charge in [0.25, 0.3) is 5.88 Å². The second-order valence-corrected chi connectivity index (χ2v) is 5.92. The van der Waals surface area contributed by atoms with E-state index in [1.165, 1.54) is 0 Å². The summed E-state index contributed by atoms with van der Waals surface area (Å²) in [5.74, 6) is -0.877. The number of nitrogens with zero attached hydrogens (tertiary/aromatic N) is 2. The molecule has 0 saturated carbocycles. The number of hydrogen-bond acceptors (Lipinski definition) is 8. The Kier molecular flexibility index (Phi) is 3.33. The van der Waals surface area contributed by atoms with E-state index in [1.807, 2.05) is 0 Å². The summed E-state index contributed by atoms with van der Waals surface area (Å²) in [6, 6.07) is 0. The van der Waals surface area contributed by atoms with Crippen molar-refractivity contribution in [2.24, 2.45) is 0 Å². The Bertz CT molecular complexity index is 526. The third kappa shape index (κ3) is 4.40. The molecular weight excluding hydrogens is 260 g/mol. The van der Waals surface area contributed by atoms with E-state index in [4.69, 9.17) is 0 Å². The van der Waals surface area contributed by atoms with Gasteiger partial charge in [0.05, 0.1) is 18.7 Å². The van der Waals surface area contributed by atoms with Crippen LogP contribution in [-0.4, -0.2) is 39.3 Å². The molecule has 90 valence electrons. The number of aromatic nitrogens is 2. The van der Waals surface area contributed by atoms with E-state index >= 15 is 0 Å². The molecule has 1 rings (SSSR count). The monoisotopic (exact) mass is 268 g/mol. The van der Waals surface area contributed by atoms with E-state index in [0.717, 1.165) is 25.0 Å². The highest BCUT2D eigenvalue weighted by Gasteiger charge is 2.16. The number of hydrogen-bond donors (Lipinski definition) is 0. The van der Waals surface area contributed by atoms with Gasteiger partial charge in [-0.2, -0.15) is 21.8 Å². The predicted molar refractivity (Wildman–Crippen MR) is 53.0 cm³/mol. The first-order chi connectivity index (χ1) is 7.17. The second kappa shape index (κ2) is 4.22. The topological polar surface area (TPSA) is 113 Å². The third-order valence-corrected chi connectivity index (χ3v) is 2.06. The van der Waals surface area contributed by atoms with Crippen LogP contribution in [0.25, 0.3) is 0 Å². The molecule has 0 spiro atoms. The predicted octanol–water partition coefficient (Wildman–Crippen LogP) is -0.847. The molecule has 0 atom stereocenters. The van der Waals surface area contributed by atoms with Gasteiger partial charge in [0.1, 0.15) is 6.33 Å². The third-order valence-electron chi connectivity index (χ3n) is 1.12. The van der Waals surface area contributed by atoms with Crippen LogP contribution in [0, 0.1) is 0 Å². The summed E-state index contributed by atoms with van der Waals surface area (Å²) in [4.78, 5) is 6.93. The van der Waals surface area contributed by atoms with Crippen LogP contribution >= 0.6 is 0 Å². The zero-order chi connectivity index (χ0) is 12.4. The Morgan fingerprint density at radius 3 is 2.12 bits per heavy atom. The van der Waals surface area contributed by atoms with E-state index in [1.54, 1.807) is 0 Å². The lowest BCUT2D eigenvalue weighted by molar-refractivity contribution is 0.443. The highest BCUT2D eigenvalue weighted by atomic mass is 32.2. The van der Waals surface area contributed by atoms with Crippen LogP contribution in [0.2, 0.25) is 0 Å². The lowest BCUT2D eigenvalue weighted by Gasteiger charge is -2.06. The summed E-state index contributed by atoms with van der Waals surface area (Å²) >= 11 is 0.